The van der Waals surface area contributed by atoms with Gasteiger partial charge in [0.1, 0.15) is 5.75 Å². The van der Waals surface area contributed by atoms with E-state index >= 15 is 0 Å². The van der Waals surface area contributed by atoms with Crippen molar-refractivity contribution in [3.8, 4) is 5.75 Å². The zero-order valence-corrected chi connectivity index (χ0v) is 10.6. The molecule has 1 aromatic rings. The van der Waals surface area contributed by atoms with Gasteiger partial charge < -0.3 is 15.4 Å². The Hall–Kier alpha value is -1.55. The Labute approximate surface area is 102 Å². The molecule has 0 saturated heterocycles. The zero-order valence-electron chi connectivity index (χ0n) is 10.6. The summed E-state index contributed by atoms with van der Waals surface area (Å²) in [6.45, 7) is 2.58. The number of carbonyl (C=O) groups excluding carboxylic acids is 1. The number of hydrogen-bond acceptors (Lipinski definition) is 3. The first-order valence-electron chi connectivity index (χ1n) is 5.71. The lowest BCUT2D eigenvalue weighted by molar-refractivity contribution is 0.0739. The maximum absolute atomic E-state index is 12.1. The van der Waals surface area contributed by atoms with Crippen LogP contribution in [0.25, 0.3) is 0 Å². The van der Waals surface area contributed by atoms with Crippen molar-refractivity contribution in [3.05, 3.63) is 29.8 Å². The highest BCUT2D eigenvalue weighted by Gasteiger charge is 2.16. The Morgan fingerprint density at radius 2 is 2.00 bits per heavy atom. The Morgan fingerprint density at radius 3 is 2.47 bits per heavy atom. The van der Waals surface area contributed by atoms with E-state index in [0.29, 0.717) is 12.1 Å². The molecular formula is C13H20N2O2. The third kappa shape index (κ3) is 3.46. The molecule has 0 aliphatic rings. The topological polar surface area (TPSA) is 55.6 Å². The number of nitrogens with zero attached hydrogens (tertiary/aromatic N) is 1. The predicted octanol–water partition coefficient (Wildman–Crippen LogP) is 1.50. The van der Waals surface area contributed by atoms with Crippen molar-refractivity contribution >= 4 is 5.91 Å². The maximum atomic E-state index is 12.1. The van der Waals surface area contributed by atoms with Gasteiger partial charge in [-0.25, -0.2) is 0 Å². The van der Waals surface area contributed by atoms with Crippen molar-refractivity contribution in [2.45, 2.75) is 19.4 Å². The van der Waals surface area contributed by atoms with Crippen LogP contribution in [-0.2, 0) is 0 Å². The van der Waals surface area contributed by atoms with Crippen LogP contribution in [0.4, 0.5) is 0 Å². The summed E-state index contributed by atoms with van der Waals surface area (Å²) >= 11 is 0. The summed E-state index contributed by atoms with van der Waals surface area (Å²) in [7, 11) is 3.40. The van der Waals surface area contributed by atoms with E-state index in [2.05, 4.69) is 0 Å². The van der Waals surface area contributed by atoms with Crippen LogP contribution < -0.4 is 10.5 Å². The number of amides is 1. The summed E-state index contributed by atoms with van der Waals surface area (Å²) in [5.74, 6) is 0.757. The van der Waals surface area contributed by atoms with E-state index in [1.165, 1.54) is 0 Å². The molecule has 0 aliphatic carbocycles. The molecular weight excluding hydrogens is 216 g/mol. The van der Waals surface area contributed by atoms with Crippen LogP contribution in [0.5, 0.6) is 5.75 Å². The predicted molar refractivity (Wildman–Crippen MR) is 68.2 cm³/mol. The molecule has 0 radical (unpaired) electrons. The van der Waals surface area contributed by atoms with Crippen LogP contribution in [0.3, 0.4) is 0 Å². The fourth-order valence-corrected chi connectivity index (χ4v) is 1.57. The van der Waals surface area contributed by atoms with Crippen LogP contribution in [0.15, 0.2) is 24.3 Å². The highest BCUT2D eigenvalue weighted by atomic mass is 16.5. The first-order valence-corrected chi connectivity index (χ1v) is 5.71. The minimum Gasteiger partial charge on any atom is -0.497 e. The SMILES string of the molecule is COc1ccc(C(=O)N(C)C(C)CCN)cc1. The third-order valence-electron chi connectivity index (χ3n) is 2.90. The van der Waals surface area contributed by atoms with Gasteiger partial charge >= 0.3 is 0 Å². The molecule has 1 unspecified atom stereocenters. The van der Waals surface area contributed by atoms with Crippen molar-refractivity contribution in [3.63, 3.8) is 0 Å². The lowest BCUT2D eigenvalue weighted by Crippen LogP contribution is -2.36. The van der Waals surface area contributed by atoms with Crippen LogP contribution in [0, 0.1) is 0 Å². The minimum atomic E-state index is 0.00797. The smallest absolute Gasteiger partial charge is 0.253 e. The largest absolute Gasteiger partial charge is 0.497 e. The summed E-state index contributed by atoms with van der Waals surface area (Å²) < 4.78 is 5.05. The van der Waals surface area contributed by atoms with E-state index in [9.17, 15) is 4.79 Å². The fourth-order valence-electron chi connectivity index (χ4n) is 1.57. The van der Waals surface area contributed by atoms with Crippen molar-refractivity contribution < 1.29 is 9.53 Å². The molecule has 0 aromatic heterocycles. The summed E-state index contributed by atoms with van der Waals surface area (Å²) in [5.41, 5.74) is 6.15. The number of methoxy groups -OCH3 is 1. The van der Waals surface area contributed by atoms with Gasteiger partial charge in [0, 0.05) is 18.7 Å². The first kappa shape index (κ1) is 13.5. The summed E-state index contributed by atoms with van der Waals surface area (Å²) in [6.07, 6.45) is 0.804. The van der Waals surface area contributed by atoms with Gasteiger partial charge in [0.05, 0.1) is 7.11 Å². The molecule has 1 amide bonds. The van der Waals surface area contributed by atoms with E-state index in [1.807, 2.05) is 6.92 Å². The van der Waals surface area contributed by atoms with Crippen LogP contribution in [0.2, 0.25) is 0 Å². The maximum Gasteiger partial charge on any atom is 0.253 e. The van der Waals surface area contributed by atoms with Gasteiger partial charge in [0.2, 0.25) is 0 Å². The van der Waals surface area contributed by atoms with E-state index < -0.39 is 0 Å². The summed E-state index contributed by atoms with van der Waals surface area (Å²) in [5, 5.41) is 0. The number of ether oxygens (including phenoxy) is 1. The van der Waals surface area contributed by atoms with Crippen molar-refractivity contribution in [2.75, 3.05) is 20.7 Å². The van der Waals surface area contributed by atoms with E-state index in [0.717, 1.165) is 12.2 Å². The Kier molecular flexibility index (Phi) is 4.97. The molecule has 0 aliphatic heterocycles. The highest BCUT2D eigenvalue weighted by Crippen LogP contribution is 2.14. The molecule has 0 heterocycles. The van der Waals surface area contributed by atoms with E-state index in [-0.39, 0.29) is 11.9 Å². The van der Waals surface area contributed by atoms with Gasteiger partial charge in [0.25, 0.3) is 5.91 Å². The van der Waals surface area contributed by atoms with Crippen molar-refractivity contribution in [1.29, 1.82) is 0 Å². The number of benzene rings is 1. The van der Waals surface area contributed by atoms with Crippen LogP contribution in [-0.4, -0.2) is 37.6 Å². The number of rotatable bonds is 5. The highest BCUT2D eigenvalue weighted by molar-refractivity contribution is 5.94. The van der Waals surface area contributed by atoms with Crippen molar-refractivity contribution in [2.24, 2.45) is 5.73 Å². The average molecular weight is 236 g/mol. The second kappa shape index (κ2) is 6.25. The Balaban J connectivity index is 2.74. The van der Waals surface area contributed by atoms with Gasteiger partial charge in [-0.3, -0.25) is 4.79 Å². The number of nitrogens with two attached hydrogens (primary N) is 1. The first-order chi connectivity index (χ1) is 8.10. The molecule has 2 N–H and O–H groups in total. The Bertz CT molecular complexity index is 362. The number of carbonyl (C=O) groups is 1. The molecule has 17 heavy (non-hydrogen) atoms. The molecule has 0 fully saturated rings. The molecule has 0 spiro atoms. The molecule has 0 bridgehead atoms. The average Bonchev–Trinajstić information content (AvgIpc) is 2.37. The Morgan fingerprint density at radius 1 is 1.41 bits per heavy atom. The van der Waals surface area contributed by atoms with E-state index in [4.69, 9.17) is 10.5 Å². The van der Waals surface area contributed by atoms with Gasteiger partial charge in [-0.15, -0.1) is 0 Å². The minimum absolute atomic E-state index is 0.00797. The lowest BCUT2D eigenvalue weighted by atomic mass is 10.1. The van der Waals surface area contributed by atoms with Crippen LogP contribution in [0.1, 0.15) is 23.7 Å². The molecule has 4 nitrogen and oxygen atoms in total. The second-order valence-corrected chi connectivity index (χ2v) is 4.07. The fraction of sp³-hybridized carbons (Fsp3) is 0.462. The normalized spacial score (nSPS) is 12.0. The summed E-state index contributed by atoms with van der Waals surface area (Å²) in [6, 6.07) is 7.26. The monoisotopic (exact) mass is 236 g/mol. The van der Waals surface area contributed by atoms with Crippen LogP contribution >= 0.6 is 0 Å². The lowest BCUT2D eigenvalue weighted by Gasteiger charge is -2.24. The molecule has 94 valence electrons. The number of hydrogen-bond donors (Lipinski definition) is 1. The molecule has 1 aromatic carbocycles. The standard InChI is InChI=1S/C13H20N2O2/c1-10(8-9-14)15(2)13(16)11-4-6-12(17-3)7-5-11/h4-7,10H,8-9,14H2,1-3H3. The quantitative estimate of drug-likeness (QED) is 0.843. The zero-order chi connectivity index (χ0) is 12.8. The molecule has 4 heteroatoms. The van der Waals surface area contributed by atoms with Gasteiger partial charge in [-0.1, -0.05) is 0 Å². The second-order valence-electron chi connectivity index (χ2n) is 4.07. The van der Waals surface area contributed by atoms with Gasteiger partial charge in [-0.2, -0.15) is 0 Å². The molecule has 1 rings (SSSR count). The summed E-state index contributed by atoms with van der Waals surface area (Å²) in [4.78, 5) is 13.8. The molecule has 0 saturated carbocycles. The third-order valence-corrected chi connectivity index (χ3v) is 2.90. The van der Waals surface area contributed by atoms with Gasteiger partial charge in [-0.05, 0) is 44.2 Å². The van der Waals surface area contributed by atoms with Crippen molar-refractivity contribution in [1.82, 2.24) is 4.90 Å². The molecule has 1 atom stereocenters. The van der Waals surface area contributed by atoms with Gasteiger partial charge in [0.15, 0.2) is 0 Å². The van der Waals surface area contributed by atoms with E-state index in [1.54, 1.807) is 43.3 Å².